The van der Waals surface area contributed by atoms with Gasteiger partial charge < -0.3 is 5.32 Å². The molecule has 2 heterocycles. The molecule has 0 aliphatic heterocycles. The minimum absolute atomic E-state index is 0.0686. The van der Waals surface area contributed by atoms with Gasteiger partial charge in [0.15, 0.2) is 10.8 Å². The summed E-state index contributed by atoms with van der Waals surface area (Å²) in [4.78, 5) is 13.9. The van der Waals surface area contributed by atoms with Crippen molar-refractivity contribution in [3.8, 4) is 16.3 Å². The fourth-order valence-corrected chi connectivity index (χ4v) is 5.60. The van der Waals surface area contributed by atoms with Crippen molar-refractivity contribution < 1.29 is 9.18 Å². The Morgan fingerprint density at radius 1 is 1.23 bits per heavy atom. The lowest BCUT2D eigenvalue weighted by atomic mass is 9.84. The quantitative estimate of drug-likeness (QED) is 0.425. The molecule has 0 radical (unpaired) electrons. The van der Waals surface area contributed by atoms with Crippen molar-refractivity contribution in [3.05, 3.63) is 56.8 Å². The van der Waals surface area contributed by atoms with Gasteiger partial charge in [0.05, 0.1) is 21.3 Å². The number of aromatic nitrogens is 2. The zero-order valence-corrected chi connectivity index (χ0v) is 19.8. The number of hydrogen-bond donors (Lipinski definition) is 1. The van der Waals surface area contributed by atoms with Crippen LogP contribution in [0, 0.1) is 18.0 Å². The molecule has 0 bridgehead atoms. The Kier molecular flexibility index (Phi) is 6.70. The van der Waals surface area contributed by atoms with Crippen molar-refractivity contribution in [1.82, 2.24) is 15.1 Å². The van der Waals surface area contributed by atoms with E-state index >= 15 is 0 Å². The summed E-state index contributed by atoms with van der Waals surface area (Å²) in [7, 11) is 0. The molecule has 4 nitrogen and oxygen atoms in total. The number of benzene rings is 1. The second-order valence-corrected chi connectivity index (χ2v) is 9.97. The maximum Gasteiger partial charge on any atom is 0.272 e. The Balaban J connectivity index is 1.73. The van der Waals surface area contributed by atoms with E-state index in [0.29, 0.717) is 43.5 Å². The average molecular weight is 480 g/mol. The zero-order chi connectivity index (χ0) is 22.1. The van der Waals surface area contributed by atoms with Gasteiger partial charge in [-0.3, -0.25) is 4.79 Å². The summed E-state index contributed by atoms with van der Waals surface area (Å²) in [5.41, 5.74) is 2.23. The van der Waals surface area contributed by atoms with Crippen LogP contribution in [0.4, 0.5) is 4.39 Å². The first-order valence-corrected chi connectivity index (χ1v) is 12.0. The molecule has 1 aliphatic carbocycles. The van der Waals surface area contributed by atoms with E-state index in [9.17, 15) is 9.18 Å². The molecule has 0 saturated heterocycles. The Hall–Kier alpha value is -1.89. The average Bonchev–Trinajstić information content (AvgIpc) is 3.31. The summed E-state index contributed by atoms with van der Waals surface area (Å²) in [5.74, 6) is 0.259. The lowest BCUT2D eigenvalue weighted by Gasteiger charge is -2.28. The van der Waals surface area contributed by atoms with Gasteiger partial charge in [0.2, 0.25) is 0 Å². The van der Waals surface area contributed by atoms with Crippen molar-refractivity contribution in [2.45, 2.75) is 52.0 Å². The highest BCUT2D eigenvalue weighted by Gasteiger charge is 2.27. The summed E-state index contributed by atoms with van der Waals surface area (Å²) in [6.45, 7) is 3.90. The predicted octanol–water partition coefficient (Wildman–Crippen LogP) is 7.05. The molecule has 164 valence electrons. The number of rotatable bonds is 5. The first-order chi connectivity index (χ1) is 14.8. The van der Waals surface area contributed by atoms with Gasteiger partial charge in [0, 0.05) is 16.6 Å². The lowest BCUT2D eigenvalue weighted by molar-refractivity contribution is 0.0913. The summed E-state index contributed by atoms with van der Waals surface area (Å²) in [5, 5.41) is 8.35. The molecule has 0 spiro atoms. The van der Waals surface area contributed by atoms with Gasteiger partial charge in [-0.25, -0.2) is 4.68 Å². The molecule has 1 aromatic carbocycles. The van der Waals surface area contributed by atoms with Crippen LogP contribution in [-0.4, -0.2) is 21.7 Å². The molecule has 31 heavy (non-hydrogen) atoms. The number of nitrogens with one attached hydrogen (secondary N) is 1. The minimum Gasteiger partial charge on any atom is -0.348 e. The van der Waals surface area contributed by atoms with E-state index in [4.69, 9.17) is 23.2 Å². The van der Waals surface area contributed by atoms with Gasteiger partial charge in [0.25, 0.3) is 5.91 Å². The molecule has 2 aromatic heterocycles. The number of carbonyl (C=O) groups is 1. The van der Waals surface area contributed by atoms with Crippen LogP contribution in [0.25, 0.3) is 16.3 Å². The predicted molar refractivity (Wildman–Crippen MR) is 125 cm³/mol. The minimum atomic E-state index is -0.304. The first-order valence-electron chi connectivity index (χ1n) is 10.5. The SMILES string of the molecule is Cc1c(C(=O)NC(C)C2CCCCC2)nn(-c2ccc(Cl)cc2Cl)c1-c1ccc(F)s1. The second kappa shape index (κ2) is 9.31. The van der Waals surface area contributed by atoms with Gasteiger partial charge in [-0.2, -0.15) is 9.49 Å². The number of hydrogen-bond acceptors (Lipinski definition) is 3. The Labute approximate surface area is 195 Å². The molecule has 1 aliphatic rings. The highest BCUT2D eigenvalue weighted by Crippen LogP contribution is 2.36. The van der Waals surface area contributed by atoms with Crippen LogP contribution < -0.4 is 5.32 Å². The molecule has 1 fully saturated rings. The maximum atomic E-state index is 13.8. The van der Waals surface area contributed by atoms with Crippen LogP contribution in [-0.2, 0) is 0 Å². The Morgan fingerprint density at radius 3 is 2.61 bits per heavy atom. The van der Waals surface area contributed by atoms with Crippen molar-refractivity contribution in [1.29, 1.82) is 0 Å². The number of amides is 1. The molecule has 1 amide bonds. The Morgan fingerprint density at radius 2 is 1.97 bits per heavy atom. The second-order valence-electron chi connectivity index (χ2n) is 8.09. The van der Waals surface area contributed by atoms with E-state index < -0.39 is 0 Å². The van der Waals surface area contributed by atoms with Gasteiger partial charge in [-0.1, -0.05) is 42.5 Å². The standard InChI is InChI=1S/C23H24Cl2FN3OS/c1-13-21(23(30)27-14(2)15-6-4-3-5-7-15)28-29(18-9-8-16(24)12-17(18)25)22(13)19-10-11-20(26)31-19/h8-12,14-15H,3-7H2,1-2H3,(H,27,30). The third-order valence-corrected chi connectivity index (χ3v) is 7.42. The fourth-order valence-electron chi connectivity index (χ4n) is 4.30. The topological polar surface area (TPSA) is 46.9 Å². The van der Waals surface area contributed by atoms with Gasteiger partial charge in [-0.15, -0.1) is 11.3 Å². The molecule has 1 unspecified atom stereocenters. The van der Waals surface area contributed by atoms with E-state index in [1.807, 2.05) is 6.92 Å². The van der Waals surface area contributed by atoms with Crippen LogP contribution in [0.3, 0.4) is 0 Å². The monoisotopic (exact) mass is 479 g/mol. The van der Waals surface area contributed by atoms with Crippen LogP contribution in [0.2, 0.25) is 10.0 Å². The Bertz CT molecular complexity index is 1100. The molecular weight excluding hydrogens is 456 g/mol. The summed E-state index contributed by atoms with van der Waals surface area (Å²) in [6, 6.07) is 8.25. The molecule has 1 atom stereocenters. The molecular formula is C23H24Cl2FN3OS. The van der Waals surface area contributed by atoms with E-state index in [1.54, 1.807) is 28.9 Å². The summed E-state index contributed by atoms with van der Waals surface area (Å²) >= 11 is 13.5. The zero-order valence-electron chi connectivity index (χ0n) is 17.4. The molecule has 4 rings (SSSR count). The number of carbonyl (C=O) groups excluding carboxylic acids is 1. The third-order valence-electron chi connectivity index (χ3n) is 6.00. The molecule has 8 heteroatoms. The van der Waals surface area contributed by atoms with E-state index in [1.165, 1.54) is 25.3 Å². The van der Waals surface area contributed by atoms with Crippen LogP contribution >= 0.6 is 34.5 Å². The number of thiophene rings is 1. The first kappa shape index (κ1) is 22.3. The highest BCUT2D eigenvalue weighted by atomic mass is 35.5. The smallest absolute Gasteiger partial charge is 0.272 e. The van der Waals surface area contributed by atoms with Crippen molar-refractivity contribution in [3.63, 3.8) is 0 Å². The highest BCUT2D eigenvalue weighted by molar-refractivity contribution is 7.13. The van der Waals surface area contributed by atoms with Crippen LogP contribution in [0.1, 0.15) is 55.1 Å². The van der Waals surface area contributed by atoms with Crippen LogP contribution in [0.5, 0.6) is 0 Å². The maximum absolute atomic E-state index is 13.8. The van der Waals surface area contributed by atoms with Crippen molar-refractivity contribution in [2.75, 3.05) is 0 Å². The normalized spacial score (nSPS) is 15.8. The molecule has 1 saturated carbocycles. The van der Waals surface area contributed by atoms with E-state index in [0.717, 1.165) is 24.2 Å². The summed E-state index contributed by atoms with van der Waals surface area (Å²) in [6.07, 6.45) is 5.95. The largest absolute Gasteiger partial charge is 0.348 e. The van der Waals surface area contributed by atoms with Gasteiger partial charge in [-0.05, 0) is 62.9 Å². The van der Waals surface area contributed by atoms with Gasteiger partial charge >= 0.3 is 0 Å². The third kappa shape index (κ3) is 4.66. The molecule has 3 aromatic rings. The fraction of sp³-hybridized carbons (Fsp3) is 0.391. The van der Waals surface area contributed by atoms with Crippen molar-refractivity contribution >= 4 is 40.4 Å². The van der Waals surface area contributed by atoms with Crippen LogP contribution in [0.15, 0.2) is 30.3 Å². The summed E-state index contributed by atoms with van der Waals surface area (Å²) < 4.78 is 15.4. The van der Waals surface area contributed by atoms with Crippen molar-refractivity contribution in [2.24, 2.45) is 5.92 Å². The molecule has 1 N–H and O–H groups in total. The number of halogens is 3. The lowest BCUT2D eigenvalue weighted by Crippen LogP contribution is -2.39. The van der Waals surface area contributed by atoms with E-state index in [2.05, 4.69) is 17.3 Å². The van der Waals surface area contributed by atoms with E-state index in [-0.39, 0.29) is 17.1 Å². The number of nitrogens with zero attached hydrogens (tertiary/aromatic N) is 2. The van der Waals surface area contributed by atoms with Gasteiger partial charge in [0.1, 0.15) is 0 Å².